The Hall–Kier alpha value is -2.95. The minimum atomic E-state index is -4.40. The smallest absolute Gasteiger partial charge is 0.424 e. The van der Waals surface area contributed by atoms with E-state index in [2.05, 4.69) is 15.2 Å². The van der Waals surface area contributed by atoms with E-state index >= 15 is 0 Å². The van der Waals surface area contributed by atoms with Gasteiger partial charge in [-0.05, 0) is 18.2 Å². The Morgan fingerprint density at radius 1 is 1.26 bits per heavy atom. The first-order valence-electron chi connectivity index (χ1n) is 7.75. The third kappa shape index (κ3) is 3.03. The number of alkyl halides is 3. The first kappa shape index (κ1) is 17.5. The van der Waals surface area contributed by atoms with Gasteiger partial charge in [0.15, 0.2) is 5.65 Å². The predicted octanol–water partition coefficient (Wildman–Crippen LogP) is 3.22. The summed E-state index contributed by atoms with van der Waals surface area (Å²) in [5, 5.41) is 7.61. The molecule has 4 rings (SSSR count). The van der Waals surface area contributed by atoms with Crippen molar-refractivity contribution in [1.29, 1.82) is 0 Å². The second-order valence-electron chi connectivity index (χ2n) is 5.87. The molecule has 140 valence electrons. The number of thiophene rings is 1. The van der Waals surface area contributed by atoms with Crippen molar-refractivity contribution < 1.29 is 17.6 Å². The van der Waals surface area contributed by atoms with Crippen LogP contribution in [0.3, 0.4) is 0 Å². The maximum atomic E-state index is 12.9. The van der Waals surface area contributed by atoms with E-state index in [1.165, 1.54) is 21.4 Å². The molecule has 4 aromatic rings. The number of aryl methyl sites for hydroxylation is 2. The normalized spacial score (nSPS) is 12.2. The van der Waals surface area contributed by atoms with Crippen LogP contribution in [-0.4, -0.2) is 24.3 Å². The maximum absolute atomic E-state index is 12.9. The van der Waals surface area contributed by atoms with Gasteiger partial charge < -0.3 is 4.42 Å². The highest BCUT2D eigenvalue weighted by molar-refractivity contribution is 7.15. The lowest BCUT2D eigenvalue weighted by molar-refractivity contribution is -0.134. The molecule has 0 amide bonds. The topological polar surface area (TPSA) is 78.7 Å². The number of fused-ring (bicyclic) bond motifs is 1. The number of halogens is 3. The number of nitrogens with zero attached hydrogens (tertiary/aromatic N) is 5. The lowest BCUT2D eigenvalue weighted by Crippen LogP contribution is -2.22. The van der Waals surface area contributed by atoms with E-state index in [9.17, 15) is 18.0 Å². The largest absolute Gasteiger partial charge is 0.425 e. The fourth-order valence-corrected chi connectivity index (χ4v) is 3.60. The van der Waals surface area contributed by atoms with Crippen LogP contribution in [0.2, 0.25) is 0 Å². The summed E-state index contributed by atoms with van der Waals surface area (Å²) in [7, 11) is 1.57. The van der Waals surface area contributed by atoms with Crippen LogP contribution in [0, 0.1) is 6.92 Å². The average Bonchev–Trinajstić information content (AvgIpc) is 3.31. The Bertz CT molecular complexity index is 1200. The van der Waals surface area contributed by atoms with Crippen LogP contribution in [0.4, 0.5) is 13.2 Å². The molecule has 0 N–H and O–H groups in total. The van der Waals surface area contributed by atoms with Crippen LogP contribution in [0.1, 0.15) is 16.7 Å². The monoisotopic (exact) mass is 395 g/mol. The van der Waals surface area contributed by atoms with E-state index in [-0.39, 0.29) is 18.1 Å². The number of aromatic nitrogens is 5. The molecule has 7 nitrogen and oxygen atoms in total. The number of imidazole rings is 1. The molecular weight excluding hydrogens is 383 g/mol. The zero-order chi connectivity index (χ0) is 19.3. The van der Waals surface area contributed by atoms with Crippen LogP contribution in [0.15, 0.2) is 33.6 Å². The molecule has 0 radical (unpaired) electrons. The Morgan fingerprint density at radius 2 is 2.04 bits per heavy atom. The first-order valence-corrected chi connectivity index (χ1v) is 8.57. The van der Waals surface area contributed by atoms with E-state index in [0.717, 1.165) is 6.07 Å². The van der Waals surface area contributed by atoms with Crippen molar-refractivity contribution >= 4 is 22.5 Å². The number of hydrogen-bond donors (Lipinski definition) is 0. The molecule has 4 aromatic heterocycles. The highest BCUT2D eigenvalue weighted by Crippen LogP contribution is 2.38. The first-order chi connectivity index (χ1) is 12.7. The predicted molar refractivity (Wildman–Crippen MR) is 91.4 cm³/mol. The zero-order valence-corrected chi connectivity index (χ0v) is 14.9. The third-order valence-corrected chi connectivity index (χ3v) is 5.18. The fraction of sp³-hybridized carbons (Fsp3) is 0.250. The van der Waals surface area contributed by atoms with Crippen molar-refractivity contribution in [3.05, 3.63) is 51.5 Å². The molecule has 0 aliphatic heterocycles. The van der Waals surface area contributed by atoms with Gasteiger partial charge in [0.2, 0.25) is 11.8 Å². The molecule has 0 aromatic carbocycles. The summed E-state index contributed by atoms with van der Waals surface area (Å²) in [4.78, 5) is 16.5. The molecule has 0 atom stereocenters. The quantitative estimate of drug-likeness (QED) is 0.532. The van der Waals surface area contributed by atoms with Crippen LogP contribution in [0.5, 0.6) is 0 Å². The van der Waals surface area contributed by atoms with Crippen LogP contribution in [-0.2, 0) is 19.8 Å². The van der Waals surface area contributed by atoms with Crippen LogP contribution in [0.25, 0.3) is 21.6 Å². The SMILES string of the molecule is Cc1nnc(Cn2c(=O)n(C)c3ncc(-c4ccc(C(F)(F)F)s4)cc32)o1. The van der Waals surface area contributed by atoms with E-state index in [1.807, 2.05) is 0 Å². The summed E-state index contributed by atoms with van der Waals surface area (Å²) in [6.45, 7) is 1.68. The van der Waals surface area contributed by atoms with Crippen molar-refractivity contribution in [3.8, 4) is 10.4 Å². The Balaban J connectivity index is 1.82. The van der Waals surface area contributed by atoms with Gasteiger partial charge in [-0.2, -0.15) is 13.2 Å². The van der Waals surface area contributed by atoms with Crippen molar-refractivity contribution in [1.82, 2.24) is 24.3 Å². The van der Waals surface area contributed by atoms with E-state index in [4.69, 9.17) is 4.42 Å². The fourth-order valence-electron chi connectivity index (χ4n) is 2.75. The highest BCUT2D eigenvalue weighted by Gasteiger charge is 2.32. The number of hydrogen-bond acceptors (Lipinski definition) is 6. The Labute approximate surface area is 153 Å². The van der Waals surface area contributed by atoms with Gasteiger partial charge in [0.05, 0.1) is 5.52 Å². The standard InChI is InChI=1S/C16H12F3N5O2S/c1-8-21-22-13(26-8)7-24-10-5-9(6-20-14(10)23(2)15(24)25)11-3-4-12(27-11)16(17,18)19/h3-6H,7H2,1-2H3. The maximum Gasteiger partial charge on any atom is 0.425 e. The van der Waals surface area contributed by atoms with E-state index in [0.29, 0.717) is 38.8 Å². The molecule has 4 heterocycles. The zero-order valence-electron chi connectivity index (χ0n) is 14.1. The molecule has 0 spiro atoms. The lowest BCUT2D eigenvalue weighted by atomic mass is 10.2. The molecule has 0 aliphatic carbocycles. The van der Waals surface area contributed by atoms with Crippen LogP contribution >= 0.6 is 11.3 Å². The van der Waals surface area contributed by atoms with Crippen molar-refractivity contribution in [2.75, 3.05) is 0 Å². The molecule has 0 saturated heterocycles. The summed E-state index contributed by atoms with van der Waals surface area (Å²) in [6, 6.07) is 4.06. The Morgan fingerprint density at radius 3 is 2.67 bits per heavy atom. The Kier molecular flexibility index (Phi) is 3.91. The van der Waals surface area contributed by atoms with Crippen molar-refractivity contribution in [2.24, 2.45) is 7.05 Å². The molecule has 0 unspecified atom stereocenters. The lowest BCUT2D eigenvalue weighted by Gasteiger charge is -2.03. The summed E-state index contributed by atoms with van der Waals surface area (Å²) in [5.74, 6) is 0.623. The third-order valence-electron chi connectivity index (χ3n) is 4.00. The minimum Gasteiger partial charge on any atom is -0.424 e. The van der Waals surface area contributed by atoms with Gasteiger partial charge in [0, 0.05) is 30.6 Å². The van der Waals surface area contributed by atoms with Crippen molar-refractivity contribution in [2.45, 2.75) is 19.6 Å². The number of pyridine rings is 1. The summed E-state index contributed by atoms with van der Waals surface area (Å²) in [5.41, 5.74) is 1.03. The molecule has 11 heteroatoms. The molecule has 0 bridgehead atoms. The molecule has 27 heavy (non-hydrogen) atoms. The van der Waals surface area contributed by atoms with Gasteiger partial charge in [-0.1, -0.05) is 0 Å². The molecule has 0 aliphatic rings. The second kappa shape index (κ2) is 6.05. The number of rotatable bonds is 3. The summed E-state index contributed by atoms with van der Waals surface area (Å²) < 4.78 is 46.7. The average molecular weight is 395 g/mol. The van der Waals surface area contributed by atoms with Gasteiger partial charge >= 0.3 is 11.9 Å². The van der Waals surface area contributed by atoms with E-state index < -0.39 is 11.1 Å². The van der Waals surface area contributed by atoms with Crippen LogP contribution < -0.4 is 5.69 Å². The molecule has 0 saturated carbocycles. The van der Waals surface area contributed by atoms with Gasteiger partial charge in [-0.15, -0.1) is 21.5 Å². The minimum absolute atomic E-state index is 0.0421. The van der Waals surface area contributed by atoms with Gasteiger partial charge in [-0.25, -0.2) is 9.78 Å². The second-order valence-corrected chi connectivity index (χ2v) is 6.95. The molecular formula is C16H12F3N5O2S. The van der Waals surface area contributed by atoms with Gasteiger partial charge in [0.25, 0.3) is 0 Å². The van der Waals surface area contributed by atoms with Crippen molar-refractivity contribution in [3.63, 3.8) is 0 Å². The van der Waals surface area contributed by atoms with Gasteiger partial charge in [0.1, 0.15) is 11.4 Å². The molecule has 0 fully saturated rings. The summed E-state index contributed by atoms with van der Waals surface area (Å²) >= 11 is 0.626. The summed E-state index contributed by atoms with van der Waals surface area (Å²) in [6.07, 6.45) is -2.94. The van der Waals surface area contributed by atoms with Gasteiger partial charge in [-0.3, -0.25) is 9.13 Å². The highest BCUT2D eigenvalue weighted by atomic mass is 32.1. The van der Waals surface area contributed by atoms with E-state index in [1.54, 1.807) is 20.0 Å².